The maximum absolute atomic E-state index is 5.58. The fourth-order valence-electron chi connectivity index (χ4n) is 2.43. The van der Waals surface area contributed by atoms with Gasteiger partial charge in [-0.25, -0.2) is 4.68 Å². The molecule has 98 valence electrons. The average molecular weight is 289 g/mol. The van der Waals surface area contributed by atoms with Crippen LogP contribution in [0.4, 0.5) is 5.69 Å². The van der Waals surface area contributed by atoms with Crippen molar-refractivity contribution in [2.45, 2.75) is 25.7 Å². The first-order chi connectivity index (χ1) is 9.25. The first-order valence-corrected chi connectivity index (χ1v) is 7.26. The molecule has 1 heterocycles. The molecule has 1 aromatic heterocycles. The van der Waals surface area contributed by atoms with Gasteiger partial charge in [-0.2, -0.15) is 0 Å². The van der Waals surface area contributed by atoms with Gasteiger partial charge in [0, 0.05) is 11.3 Å². The van der Waals surface area contributed by atoms with E-state index < -0.39 is 0 Å². The van der Waals surface area contributed by atoms with Gasteiger partial charge in [0.2, 0.25) is 0 Å². The molecule has 1 aromatic carbocycles. The number of rotatable bonds is 2. The van der Waals surface area contributed by atoms with Crippen LogP contribution in [-0.2, 0) is 12.8 Å². The van der Waals surface area contributed by atoms with Gasteiger partial charge in [-0.15, -0.1) is 0 Å². The predicted molar refractivity (Wildman–Crippen MR) is 82.6 cm³/mol. The van der Waals surface area contributed by atoms with E-state index in [1.54, 1.807) is 4.68 Å². The number of benzene rings is 1. The second-order valence-corrected chi connectivity index (χ2v) is 5.49. The summed E-state index contributed by atoms with van der Waals surface area (Å²) in [4.78, 5) is 3.31. The summed E-state index contributed by atoms with van der Waals surface area (Å²) in [6, 6.07) is 9.94. The zero-order chi connectivity index (χ0) is 13.2. The topological polar surface area (TPSA) is 32.8 Å². The lowest BCUT2D eigenvalue weighted by Crippen LogP contribution is -2.18. The maximum Gasteiger partial charge on any atom is 0.197 e. The van der Waals surface area contributed by atoms with E-state index in [2.05, 4.69) is 10.4 Å². The normalized spacial score (nSPS) is 13.9. The van der Waals surface area contributed by atoms with Crippen LogP contribution in [0, 0.1) is 9.41 Å². The lowest BCUT2D eigenvalue weighted by Gasteiger charge is -2.19. The highest BCUT2D eigenvalue weighted by Crippen LogP contribution is 2.20. The van der Waals surface area contributed by atoms with Crippen molar-refractivity contribution in [1.82, 2.24) is 9.66 Å². The third-order valence-electron chi connectivity index (χ3n) is 3.40. The molecular weight excluding hydrogens is 274 g/mol. The van der Waals surface area contributed by atoms with Crippen LogP contribution < -0.4 is 5.43 Å². The molecule has 3 nitrogen and oxygen atoms in total. The van der Waals surface area contributed by atoms with Crippen molar-refractivity contribution >= 4 is 30.1 Å². The highest BCUT2D eigenvalue weighted by Gasteiger charge is 2.13. The van der Waals surface area contributed by atoms with Gasteiger partial charge in [-0.05, 0) is 50.0 Å². The van der Waals surface area contributed by atoms with Crippen LogP contribution in [0.5, 0.6) is 0 Å². The molecule has 0 aliphatic heterocycles. The number of H-pyrrole nitrogens is 1. The lowest BCUT2D eigenvalue weighted by molar-refractivity contribution is 0.644. The summed E-state index contributed by atoms with van der Waals surface area (Å²) >= 11 is 11.0. The van der Waals surface area contributed by atoms with Gasteiger partial charge in [-0.1, -0.05) is 30.4 Å². The molecule has 0 saturated carbocycles. The largest absolute Gasteiger partial charge is 0.334 e. The molecule has 0 bridgehead atoms. The molecule has 0 atom stereocenters. The zero-order valence-electron chi connectivity index (χ0n) is 10.5. The van der Waals surface area contributed by atoms with Crippen molar-refractivity contribution in [3.63, 3.8) is 0 Å². The van der Waals surface area contributed by atoms with Crippen molar-refractivity contribution < 1.29 is 0 Å². The minimum atomic E-state index is 0.634. The van der Waals surface area contributed by atoms with E-state index in [-0.39, 0.29) is 0 Å². The predicted octanol–water partition coefficient (Wildman–Crippen LogP) is 4.03. The number of para-hydroxylation sites is 1. The second kappa shape index (κ2) is 5.27. The number of nitrogens with one attached hydrogen (secondary N) is 2. The molecule has 19 heavy (non-hydrogen) atoms. The Morgan fingerprint density at radius 3 is 2.58 bits per heavy atom. The Morgan fingerprint density at radius 1 is 1.05 bits per heavy atom. The average Bonchev–Trinajstić information content (AvgIpc) is 2.45. The van der Waals surface area contributed by atoms with Crippen LogP contribution >= 0.6 is 24.4 Å². The van der Waals surface area contributed by atoms with E-state index in [4.69, 9.17) is 24.4 Å². The SMILES string of the molecule is S=c1[nH]c2c(c(=S)n1Nc1ccccc1)CCCC2. The highest BCUT2D eigenvalue weighted by atomic mass is 32.1. The Hall–Kier alpha value is -1.46. The monoisotopic (exact) mass is 289 g/mol. The van der Waals surface area contributed by atoms with Gasteiger partial charge in [0.25, 0.3) is 0 Å². The lowest BCUT2D eigenvalue weighted by atomic mass is 9.98. The van der Waals surface area contributed by atoms with Crippen LogP contribution in [0.15, 0.2) is 30.3 Å². The van der Waals surface area contributed by atoms with E-state index in [1.807, 2.05) is 30.3 Å². The summed E-state index contributed by atoms with van der Waals surface area (Å²) < 4.78 is 3.24. The van der Waals surface area contributed by atoms with Crippen LogP contribution in [-0.4, -0.2) is 9.66 Å². The molecular formula is C14H15N3S2. The smallest absolute Gasteiger partial charge is 0.197 e. The summed E-state index contributed by atoms with van der Waals surface area (Å²) in [5.41, 5.74) is 6.70. The van der Waals surface area contributed by atoms with Crippen LogP contribution in [0.2, 0.25) is 0 Å². The Labute approximate surface area is 122 Å². The van der Waals surface area contributed by atoms with Gasteiger partial charge in [0.1, 0.15) is 4.64 Å². The summed E-state index contributed by atoms with van der Waals surface area (Å²) in [6.07, 6.45) is 4.50. The van der Waals surface area contributed by atoms with Crippen molar-refractivity contribution in [1.29, 1.82) is 0 Å². The van der Waals surface area contributed by atoms with Gasteiger partial charge in [-0.3, -0.25) is 5.43 Å². The number of hydrogen-bond donors (Lipinski definition) is 2. The molecule has 2 N–H and O–H groups in total. The van der Waals surface area contributed by atoms with Gasteiger partial charge >= 0.3 is 0 Å². The third-order valence-corrected chi connectivity index (χ3v) is 4.12. The Kier molecular flexibility index (Phi) is 3.48. The maximum atomic E-state index is 5.58. The van der Waals surface area contributed by atoms with Crippen molar-refractivity contribution in [2.75, 3.05) is 5.43 Å². The van der Waals surface area contributed by atoms with Gasteiger partial charge in [0.15, 0.2) is 4.77 Å². The van der Waals surface area contributed by atoms with Crippen molar-refractivity contribution in [3.05, 3.63) is 51.0 Å². The van der Waals surface area contributed by atoms with Crippen molar-refractivity contribution in [2.24, 2.45) is 0 Å². The number of fused-ring (bicyclic) bond motifs is 1. The summed E-state index contributed by atoms with van der Waals surface area (Å²) in [5, 5.41) is 0. The second-order valence-electron chi connectivity index (χ2n) is 4.71. The molecule has 0 fully saturated rings. The Balaban J connectivity index is 2.07. The number of aromatic amines is 1. The van der Waals surface area contributed by atoms with Crippen LogP contribution in [0.1, 0.15) is 24.1 Å². The van der Waals surface area contributed by atoms with Crippen molar-refractivity contribution in [3.8, 4) is 0 Å². The molecule has 0 amide bonds. The number of aryl methyl sites for hydroxylation is 1. The van der Waals surface area contributed by atoms with E-state index in [1.165, 1.54) is 24.1 Å². The molecule has 3 rings (SSSR count). The number of anilines is 1. The number of aromatic nitrogens is 2. The summed E-state index contributed by atoms with van der Waals surface area (Å²) in [7, 11) is 0. The first-order valence-electron chi connectivity index (χ1n) is 6.45. The molecule has 0 spiro atoms. The summed E-state index contributed by atoms with van der Waals surface area (Å²) in [6.45, 7) is 0. The highest BCUT2D eigenvalue weighted by molar-refractivity contribution is 7.72. The summed E-state index contributed by atoms with van der Waals surface area (Å²) in [5.74, 6) is 0. The molecule has 1 aliphatic rings. The third kappa shape index (κ3) is 2.48. The number of nitrogens with zero attached hydrogens (tertiary/aromatic N) is 1. The first kappa shape index (κ1) is 12.6. The minimum absolute atomic E-state index is 0.634. The fraction of sp³-hybridized carbons (Fsp3) is 0.286. The van der Waals surface area contributed by atoms with E-state index in [0.29, 0.717) is 4.77 Å². The molecule has 0 saturated heterocycles. The molecule has 0 radical (unpaired) electrons. The van der Waals surface area contributed by atoms with Crippen LogP contribution in [0.25, 0.3) is 0 Å². The van der Waals surface area contributed by atoms with Gasteiger partial charge < -0.3 is 4.98 Å². The van der Waals surface area contributed by atoms with Gasteiger partial charge in [0.05, 0.1) is 5.69 Å². The Morgan fingerprint density at radius 2 is 1.79 bits per heavy atom. The molecule has 0 unspecified atom stereocenters. The quantitative estimate of drug-likeness (QED) is 0.819. The van der Waals surface area contributed by atoms with E-state index in [9.17, 15) is 0 Å². The minimum Gasteiger partial charge on any atom is -0.334 e. The van der Waals surface area contributed by atoms with E-state index in [0.717, 1.165) is 23.2 Å². The fourth-order valence-corrected chi connectivity index (χ4v) is 3.11. The standard InChI is InChI=1S/C14H15N3S2/c18-13-11-8-4-5-9-12(11)15-14(19)17(13)16-10-6-2-1-3-7-10/h1-3,6-7,16H,4-5,8-9H2,(H,15,19). The molecule has 1 aliphatic carbocycles. The van der Waals surface area contributed by atoms with E-state index >= 15 is 0 Å². The molecule has 5 heteroatoms. The molecule has 2 aromatic rings. The van der Waals surface area contributed by atoms with Crippen LogP contribution in [0.3, 0.4) is 0 Å². The Bertz CT molecular complexity index is 701. The zero-order valence-corrected chi connectivity index (χ0v) is 12.1. The number of hydrogen-bond acceptors (Lipinski definition) is 3.